The van der Waals surface area contributed by atoms with Crippen molar-refractivity contribution in [2.45, 2.75) is 45.1 Å². The minimum Gasteiger partial charge on any atom is -0.508 e. The molecule has 5 nitrogen and oxygen atoms in total. The van der Waals surface area contributed by atoms with Crippen LogP contribution in [-0.2, 0) is 6.42 Å². The van der Waals surface area contributed by atoms with Crippen molar-refractivity contribution in [2.24, 2.45) is 0 Å². The third-order valence-electron chi connectivity index (χ3n) is 2.97. The van der Waals surface area contributed by atoms with E-state index in [4.69, 9.17) is 10.2 Å². The quantitative estimate of drug-likeness (QED) is 0.569. The van der Waals surface area contributed by atoms with Crippen LogP contribution in [-0.4, -0.2) is 32.5 Å². The zero-order valence-electron chi connectivity index (χ0n) is 11.0. The van der Waals surface area contributed by atoms with Crippen LogP contribution in [0.5, 0.6) is 11.5 Å². The van der Waals surface area contributed by atoms with E-state index in [0.717, 1.165) is 31.7 Å². The standard InChI is InChI=1S/C14H20O5/c1-9(15)5-3-2-4-6-10-7-11(16)8-12(17)13(10)14(18)19/h7-9,15-17H,2-6H2,1H3,(H,18,19)/t9-/m1/s1. The summed E-state index contributed by atoms with van der Waals surface area (Å²) in [6.45, 7) is 1.73. The number of aromatic hydroxyl groups is 2. The van der Waals surface area contributed by atoms with Crippen LogP contribution in [0.1, 0.15) is 48.5 Å². The first-order valence-corrected chi connectivity index (χ1v) is 6.38. The maximum absolute atomic E-state index is 11.1. The van der Waals surface area contributed by atoms with E-state index < -0.39 is 11.7 Å². The van der Waals surface area contributed by atoms with E-state index in [-0.39, 0.29) is 17.4 Å². The molecule has 1 atom stereocenters. The van der Waals surface area contributed by atoms with Crippen molar-refractivity contribution in [3.8, 4) is 11.5 Å². The summed E-state index contributed by atoms with van der Waals surface area (Å²) >= 11 is 0. The topological polar surface area (TPSA) is 98.0 Å². The Morgan fingerprint density at radius 3 is 2.47 bits per heavy atom. The fraction of sp³-hybridized carbons (Fsp3) is 0.500. The fourth-order valence-corrected chi connectivity index (χ4v) is 2.05. The van der Waals surface area contributed by atoms with E-state index in [0.29, 0.717) is 12.0 Å². The molecule has 1 aromatic rings. The molecule has 0 aliphatic carbocycles. The molecule has 5 heteroatoms. The Hall–Kier alpha value is -1.75. The molecule has 0 unspecified atom stereocenters. The number of phenolic OH excluding ortho intramolecular Hbond substituents is 1. The first-order valence-electron chi connectivity index (χ1n) is 6.38. The van der Waals surface area contributed by atoms with Gasteiger partial charge in [0.05, 0.1) is 6.10 Å². The number of benzene rings is 1. The van der Waals surface area contributed by atoms with Gasteiger partial charge in [-0.15, -0.1) is 0 Å². The van der Waals surface area contributed by atoms with Crippen molar-refractivity contribution in [2.75, 3.05) is 0 Å². The fourth-order valence-electron chi connectivity index (χ4n) is 2.05. The molecule has 4 N–H and O–H groups in total. The Labute approximate surface area is 112 Å². The van der Waals surface area contributed by atoms with Gasteiger partial charge in [-0.25, -0.2) is 4.79 Å². The highest BCUT2D eigenvalue weighted by Gasteiger charge is 2.16. The number of unbranched alkanes of at least 4 members (excludes halogenated alkanes) is 2. The number of aliphatic hydroxyl groups excluding tert-OH is 1. The second kappa shape index (κ2) is 6.99. The largest absolute Gasteiger partial charge is 0.508 e. The number of rotatable bonds is 7. The predicted octanol–water partition coefficient (Wildman–Crippen LogP) is 2.28. The third-order valence-corrected chi connectivity index (χ3v) is 2.97. The number of aliphatic hydroxyl groups is 1. The molecular formula is C14H20O5. The number of hydrogen-bond acceptors (Lipinski definition) is 4. The molecule has 106 valence electrons. The number of phenols is 2. The molecule has 0 saturated carbocycles. The highest BCUT2D eigenvalue weighted by atomic mass is 16.4. The number of aromatic carboxylic acids is 1. The number of hydrogen-bond donors (Lipinski definition) is 4. The Morgan fingerprint density at radius 2 is 1.89 bits per heavy atom. The van der Waals surface area contributed by atoms with Gasteiger partial charge in [0.1, 0.15) is 17.1 Å². The molecule has 0 aliphatic heterocycles. The Kier molecular flexibility index (Phi) is 5.63. The number of carbonyl (C=O) groups is 1. The van der Waals surface area contributed by atoms with E-state index >= 15 is 0 Å². The van der Waals surface area contributed by atoms with Gasteiger partial charge in [-0.2, -0.15) is 0 Å². The van der Waals surface area contributed by atoms with Crippen molar-refractivity contribution < 1.29 is 25.2 Å². The number of carboxylic acid groups (broad SMARTS) is 1. The maximum Gasteiger partial charge on any atom is 0.339 e. The van der Waals surface area contributed by atoms with Crippen LogP contribution in [0.25, 0.3) is 0 Å². The van der Waals surface area contributed by atoms with Gasteiger partial charge in [-0.05, 0) is 37.8 Å². The second-order valence-electron chi connectivity index (χ2n) is 4.75. The summed E-state index contributed by atoms with van der Waals surface area (Å²) in [6, 6.07) is 2.40. The van der Waals surface area contributed by atoms with E-state index in [1.54, 1.807) is 6.92 Å². The van der Waals surface area contributed by atoms with Gasteiger partial charge >= 0.3 is 5.97 Å². The minimum absolute atomic E-state index is 0.138. The molecule has 1 rings (SSSR count). The average molecular weight is 268 g/mol. The molecule has 0 fully saturated rings. The van der Waals surface area contributed by atoms with Gasteiger partial charge in [0.15, 0.2) is 0 Å². The van der Waals surface area contributed by atoms with Gasteiger partial charge in [-0.1, -0.05) is 12.8 Å². The SMILES string of the molecule is C[C@@H](O)CCCCCc1cc(O)cc(O)c1C(=O)O. The summed E-state index contributed by atoms with van der Waals surface area (Å²) in [5.74, 6) is -1.75. The van der Waals surface area contributed by atoms with Crippen molar-refractivity contribution in [3.63, 3.8) is 0 Å². The van der Waals surface area contributed by atoms with Gasteiger partial charge in [0, 0.05) is 6.07 Å². The van der Waals surface area contributed by atoms with Crippen LogP contribution in [0.4, 0.5) is 0 Å². The molecule has 19 heavy (non-hydrogen) atoms. The van der Waals surface area contributed by atoms with Gasteiger partial charge in [0.25, 0.3) is 0 Å². The number of aryl methyl sites for hydroxylation is 1. The van der Waals surface area contributed by atoms with Gasteiger partial charge in [-0.3, -0.25) is 0 Å². The van der Waals surface area contributed by atoms with Crippen molar-refractivity contribution in [1.29, 1.82) is 0 Å². The molecule has 0 bridgehead atoms. The number of carboxylic acids is 1. The monoisotopic (exact) mass is 268 g/mol. The normalized spacial score (nSPS) is 12.3. The van der Waals surface area contributed by atoms with Crippen LogP contribution in [0.3, 0.4) is 0 Å². The Morgan fingerprint density at radius 1 is 1.21 bits per heavy atom. The molecular weight excluding hydrogens is 248 g/mol. The summed E-state index contributed by atoms with van der Waals surface area (Å²) in [5.41, 5.74) is 0.287. The van der Waals surface area contributed by atoms with Crippen LogP contribution in [0.15, 0.2) is 12.1 Å². The van der Waals surface area contributed by atoms with E-state index in [2.05, 4.69) is 0 Å². The lowest BCUT2D eigenvalue weighted by molar-refractivity contribution is 0.0692. The van der Waals surface area contributed by atoms with Crippen LogP contribution < -0.4 is 0 Å². The zero-order chi connectivity index (χ0) is 14.4. The molecule has 0 heterocycles. The van der Waals surface area contributed by atoms with Crippen molar-refractivity contribution in [3.05, 3.63) is 23.3 Å². The lowest BCUT2D eigenvalue weighted by atomic mass is 9.99. The van der Waals surface area contributed by atoms with E-state index in [1.807, 2.05) is 0 Å². The Bertz CT molecular complexity index is 440. The zero-order valence-corrected chi connectivity index (χ0v) is 11.0. The first kappa shape index (κ1) is 15.3. The minimum atomic E-state index is -1.20. The van der Waals surface area contributed by atoms with E-state index in [9.17, 15) is 15.0 Å². The molecule has 0 radical (unpaired) electrons. The maximum atomic E-state index is 11.1. The highest BCUT2D eigenvalue weighted by Crippen LogP contribution is 2.28. The smallest absolute Gasteiger partial charge is 0.339 e. The molecule has 0 amide bonds. The van der Waals surface area contributed by atoms with Gasteiger partial charge < -0.3 is 20.4 Å². The molecule has 1 aromatic carbocycles. The van der Waals surface area contributed by atoms with Crippen LogP contribution in [0, 0.1) is 0 Å². The third kappa shape index (κ3) is 4.79. The highest BCUT2D eigenvalue weighted by molar-refractivity contribution is 5.92. The molecule has 0 spiro atoms. The second-order valence-corrected chi connectivity index (χ2v) is 4.75. The summed E-state index contributed by atoms with van der Waals surface area (Å²) in [6.07, 6.45) is 3.35. The first-order chi connectivity index (χ1) is 8.91. The average Bonchev–Trinajstić information content (AvgIpc) is 2.26. The summed E-state index contributed by atoms with van der Waals surface area (Å²) < 4.78 is 0. The van der Waals surface area contributed by atoms with E-state index in [1.165, 1.54) is 6.07 Å². The summed E-state index contributed by atoms with van der Waals surface area (Å²) in [5, 5.41) is 37.1. The predicted molar refractivity (Wildman–Crippen MR) is 70.6 cm³/mol. The Balaban J connectivity index is 2.64. The summed E-state index contributed by atoms with van der Waals surface area (Å²) in [4.78, 5) is 11.1. The molecule has 0 aromatic heterocycles. The summed E-state index contributed by atoms with van der Waals surface area (Å²) in [7, 11) is 0. The lowest BCUT2D eigenvalue weighted by Gasteiger charge is -2.09. The molecule has 0 aliphatic rings. The lowest BCUT2D eigenvalue weighted by Crippen LogP contribution is -2.03. The van der Waals surface area contributed by atoms with Gasteiger partial charge in [0.2, 0.25) is 0 Å². The van der Waals surface area contributed by atoms with Crippen LogP contribution in [0.2, 0.25) is 0 Å². The molecule has 0 saturated heterocycles. The van der Waals surface area contributed by atoms with Crippen LogP contribution >= 0.6 is 0 Å². The van der Waals surface area contributed by atoms with Crippen molar-refractivity contribution >= 4 is 5.97 Å². The van der Waals surface area contributed by atoms with Crippen molar-refractivity contribution in [1.82, 2.24) is 0 Å².